The van der Waals surface area contributed by atoms with Crippen molar-refractivity contribution in [1.29, 1.82) is 0 Å². The first-order chi connectivity index (χ1) is 12.6. The number of nitrogens with zero attached hydrogens (tertiary/aromatic N) is 3. The van der Waals surface area contributed by atoms with Gasteiger partial charge in [0, 0.05) is 17.2 Å². The van der Waals surface area contributed by atoms with Crippen LogP contribution in [0.5, 0.6) is 0 Å². The number of ether oxygens (including phenoxy) is 1. The van der Waals surface area contributed by atoms with Crippen LogP contribution < -0.4 is 0 Å². The monoisotopic (exact) mass is 369 g/mol. The normalized spacial score (nSPS) is 10.5. The van der Waals surface area contributed by atoms with Crippen molar-refractivity contribution >= 4 is 23.4 Å². The molecule has 0 bridgehead atoms. The third-order valence-corrected chi connectivity index (χ3v) is 4.36. The van der Waals surface area contributed by atoms with Crippen molar-refractivity contribution < 1.29 is 14.5 Å². The minimum Gasteiger partial charge on any atom is -0.455 e. The maximum absolute atomic E-state index is 12.3. The number of hydrogen-bond donors (Lipinski definition) is 0. The van der Waals surface area contributed by atoms with Gasteiger partial charge in [0.25, 0.3) is 5.69 Å². The Labute approximate surface area is 153 Å². The summed E-state index contributed by atoms with van der Waals surface area (Å²) in [5.74, 6) is -0.748. The Bertz CT molecular complexity index is 941. The van der Waals surface area contributed by atoms with Crippen LogP contribution in [0.15, 0.2) is 65.7 Å². The van der Waals surface area contributed by atoms with Gasteiger partial charge in [-0.2, -0.15) is 5.10 Å². The van der Waals surface area contributed by atoms with E-state index in [0.717, 1.165) is 10.6 Å². The number of nitro groups is 1. The van der Waals surface area contributed by atoms with Gasteiger partial charge in [-0.3, -0.25) is 10.1 Å². The lowest BCUT2D eigenvalue weighted by atomic mass is 10.2. The van der Waals surface area contributed by atoms with Gasteiger partial charge in [-0.15, -0.1) is 11.8 Å². The van der Waals surface area contributed by atoms with Crippen LogP contribution in [-0.4, -0.2) is 26.9 Å². The van der Waals surface area contributed by atoms with Gasteiger partial charge in [-0.25, -0.2) is 9.48 Å². The van der Waals surface area contributed by atoms with Crippen molar-refractivity contribution in [1.82, 2.24) is 9.78 Å². The molecule has 0 saturated carbocycles. The molecular formula is C18H15N3O4S. The fourth-order valence-electron chi connectivity index (χ4n) is 2.35. The number of carbonyl (C=O) groups is 1. The van der Waals surface area contributed by atoms with Crippen LogP contribution in [0.2, 0.25) is 0 Å². The molecule has 0 atom stereocenters. The highest BCUT2D eigenvalue weighted by molar-refractivity contribution is 7.98. The maximum atomic E-state index is 12.3. The zero-order valence-corrected chi connectivity index (χ0v) is 14.7. The van der Waals surface area contributed by atoms with Gasteiger partial charge in [0.2, 0.25) is 0 Å². The summed E-state index contributed by atoms with van der Waals surface area (Å²) in [4.78, 5) is 23.6. The molecule has 0 aliphatic heterocycles. The Morgan fingerprint density at radius 3 is 2.69 bits per heavy atom. The summed E-state index contributed by atoms with van der Waals surface area (Å²) in [6.45, 7) is -0.0701. The molecule has 1 aromatic heterocycles. The van der Waals surface area contributed by atoms with Crippen LogP contribution in [0.4, 0.5) is 5.69 Å². The summed E-state index contributed by atoms with van der Waals surface area (Å²) >= 11 is 1.39. The number of esters is 1. The Balaban J connectivity index is 1.73. The van der Waals surface area contributed by atoms with E-state index in [0.29, 0.717) is 5.69 Å². The predicted octanol–water partition coefficient (Wildman–Crippen LogP) is 3.86. The maximum Gasteiger partial charge on any atom is 0.345 e. The number of benzene rings is 2. The van der Waals surface area contributed by atoms with Crippen LogP contribution >= 0.6 is 11.8 Å². The highest BCUT2D eigenvalue weighted by Crippen LogP contribution is 2.25. The van der Waals surface area contributed by atoms with Gasteiger partial charge in [0.05, 0.1) is 10.6 Å². The minimum absolute atomic E-state index is 0.0654. The third kappa shape index (κ3) is 3.92. The van der Waals surface area contributed by atoms with E-state index >= 15 is 0 Å². The average Bonchev–Trinajstić information content (AvgIpc) is 3.15. The zero-order valence-electron chi connectivity index (χ0n) is 13.9. The molecule has 1 heterocycles. The molecule has 3 aromatic rings. The van der Waals surface area contributed by atoms with Gasteiger partial charge in [-0.1, -0.05) is 18.2 Å². The quantitative estimate of drug-likeness (QED) is 0.284. The number of hydrogen-bond acceptors (Lipinski definition) is 6. The third-order valence-electron chi connectivity index (χ3n) is 3.64. The first-order valence-electron chi connectivity index (χ1n) is 7.68. The lowest BCUT2D eigenvalue weighted by Crippen LogP contribution is -2.09. The standard InChI is InChI=1S/C18H15N3O4S/c1-26-15-7-8-17(21(23)24)16(11-15)18(22)25-12-13-9-10-20(19-13)14-5-3-2-4-6-14/h2-11H,12H2,1H3. The van der Waals surface area contributed by atoms with Crippen LogP contribution in [-0.2, 0) is 11.3 Å². The SMILES string of the molecule is CSc1ccc([N+](=O)[O-])c(C(=O)OCc2ccn(-c3ccccc3)n2)c1. The largest absolute Gasteiger partial charge is 0.455 e. The molecule has 26 heavy (non-hydrogen) atoms. The first kappa shape index (κ1) is 17.7. The smallest absolute Gasteiger partial charge is 0.345 e. The van der Waals surface area contributed by atoms with Crippen LogP contribution in [0.1, 0.15) is 16.1 Å². The second kappa shape index (κ2) is 7.83. The topological polar surface area (TPSA) is 87.3 Å². The van der Waals surface area contributed by atoms with Crippen LogP contribution in [0.3, 0.4) is 0 Å². The molecule has 132 valence electrons. The van der Waals surface area contributed by atoms with Gasteiger partial charge in [-0.05, 0) is 36.6 Å². The van der Waals surface area contributed by atoms with Gasteiger partial charge >= 0.3 is 5.97 Å². The van der Waals surface area contributed by atoms with Gasteiger partial charge < -0.3 is 4.74 Å². The molecule has 2 aromatic carbocycles. The van der Waals surface area contributed by atoms with E-state index in [4.69, 9.17) is 4.74 Å². The van der Waals surface area contributed by atoms with E-state index in [9.17, 15) is 14.9 Å². The molecule has 0 unspecified atom stereocenters. The second-order valence-electron chi connectivity index (χ2n) is 5.30. The summed E-state index contributed by atoms with van der Waals surface area (Å²) < 4.78 is 6.89. The van der Waals surface area contributed by atoms with Crippen LogP contribution in [0, 0.1) is 10.1 Å². The van der Waals surface area contributed by atoms with Crippen molar-refractivity contribution in [3.8, 4) is 5.69 Å². The van der Waals surface area contributed by atoms with Crippen molar-refractivity contribution in [3.05, 3.63) is 82.2 Å². The minimum atomic E-state index is -0.748. The molecule has 3 rings (SSSR count). The molecule has 0 fully saturated rings. The number of carbonyl (C=O) groups excluding carboxylic acids is 1. The number of thioether (sulfide) groups is 1. The van der Waals surface area contributed by atoms with Crippen LogP contribution in [0.25, 0.3) is 5.69 Å². The average molecular weight is 369 g/mol. The number of nitro benzene ring substituents is 1. The lowest BCUT2D eigenvalue weighted by Gasteiger charge is -2.06. The Hall–Kier alpha value is -3.13. The van der Waals surface area contributed by atoms with Crippen molar-refractivity contribution in [3.63, 3.8) is 0 Å². The highest BCUT2D eigenvalue weighted by atomic mass is 32.2. The predicted molar refractivity (Wildman–Crippen MR) is 97.6 cm³/mol. The highest BCUT2D eigenvalue weighted by Gasteiger charge is 2.22. The molecule has 0 spiro atoms. The second-order valence-corrected chi connectivity index (χ2v) is 6.18. The van der Waals surface area contributed by atoms with Crippen molar-refractivity contribution in [2.75, 3.05) is 6.26 Å². The number of aromatic nitrogens is 2. The number of rotatable bonds is 6. The molecule has 0 aliphatic carbocycles. The lowest BCUT2D eigenvalue weighted by molar-refractivity contribution is -0.385. The number of para-hydroxylation sites is 1. The van der Waals surface area contributed by atoms with Gasteiger partial charge in [0.1, 0.15) is 17.9 Å². The molecule has 7 nitrogen and oxygen atoms in total. The molecule has 0 amide bonds. The Morgan fingerprint density at radius 1 is 1.23 bits per heavy atom. The fourth-order valence-corrected chi connectivity index (χ4v) is 2.79. The summed E-state index contributed by atoms with van der Waals surface area (Å²) in [7, 11) is 0. The van der Waals surface area contributed by atoms with Crippen molar-refractivity contribution in [2.45, 2.75) is 11.5 Å². The Kier molecular flexibility index (Phi) is 5.33. The summed E-state index contributed by atoms with van der Waals surface area (Å²) in [5.41, 5.74) is 1.09. The van der Waals surface area contributed by atoms with E-state index in [1.54, 1.807) is 23.0 Å². The first-order valence-corrected chi connectivity index (χ1v) is 8.90. The van der Waals surface area contributed by atoms with Gasteiger partial charge in [0.15, 0.2) is 0 Å². The summed E-state index contributed by atoms with van der Waals surface area (Å²) in [5, 5.41) is 15.5. The fraction of sp³-hybridized carbons (Fsp3) is 0.111. The molecule has 8 heteroatoms. The summed E-state index contributed by atoms with van der Waals surface area (Å²) in [6.07, 6.45) is 3.59. The molecule has 0 N–H and O–H groups in total. The van der Waals surface area contributed by atoms with E-state index < -0.39 is 10.9 Å². The van der Waals surface area contributed by atoms with E-state index in [-0.39, 0.29) is 17.9 Å². The summed E-state index contributed by atoms with van der Waals surface area (Å²) in [6, 6.07) is 15.6. The van der Waals surface area contributed by atoms with E-state index in [2.05, 4.69) is 5.10 Å². The van der Waals surface area contributed by atoms with Crippen molar-refractivity contribution in [2.24, 2.45) is 0 Å². The molecule has 0 saturated heterocycles. The Morgan fingerprint density at radius 2 is 2.00 bits per heavy atom. The molecular weight excluding hydrogens is 354 g/mol. The zero-order chi connectivity index (χ0) is 18.5. The molecule has 0 radical (unpaired) electrons. The van der Waals surface area contributed by atoms with E-state index in [1.807, 2.05) is 36.6 Å². The van der Waals surface area contributed by atoms with E-state index in [1.165, 1.54) is 23.9 Å². The molecule has 0 aliphatic rings.